The number of likely N-dealkylation sites (N-methyl/N-ethyl adjacent to an activating group) is 1. The van der Waals surface area contributed by atoms with Gasteiger partial charge in [-0.1, -0.05) is 0 Å². The van der Waals surface area contributed by atoms with Crippen LogP contribution in [0, 0.1) is 6.92 Å². The molecule has 2 rings (SSSR count). The quantitative estimate of drug-likeness (QED) is 0.834. The fraction of sp³-hybridized carbons (Fsp3) is 0.364. The molecule has 1 saturated heterocycles. The Morgan fingerprint density at radius 1 is 1.50 bits per heavy atom. The number of rotatable bonds is 3. The van der Waals surface area contributed by atoms with Crippen LogP contribution in [0.1, 0.15) is 20.1 Å². The molecule has 0 atom stereocenters. The van der Waals surface area contributed by atoms with Gasteiger partial charge in [0.25, 0.3) is 5.91 Å². The van der Waals surface area contributed by atoms with Crippen molar-refractivity contribution in [3.05, 3.63) is 21.4 Å². The number of imide groups is 1. The van der Waals surface area contributed by atoms with Gasteiger partial charge in [0.1, 0.15) is 11.4 Å². The molecule has 3 amide bonds. The number of hydrogen-bond donors (Lipinski definition) is 1. The summed E-state index contributed by atoms with van der Waals surface area (Å²) in [5.74, 6) is -1.25. The van der Waals surface area contributed by atoms with E-state index < -0.39 is 5.97 Å². The van der Waals surface area contributed by atoms with Gasteiger partial charge in [-0.3, -0.25) is 9.69 Å². The van der Waals surface area contributed by atoms with Gasteiger partial charge >= 0.3 is 12.0 Å². The van der Waals surface area contributed by atoms with Crippen molar-refractivity contribution in [3.63, 3.8) is 0 Å². The number of hydrogen-bond acceptors (Lipinski definition) is 4. The first-order valence-corrected chi connectivity index (χ1v) is 6.10. The average molecular weight is 268 g/mol. The van der Waals surface area contributed by atoms with Gasteiger partial charge < -0.3 is 10.0 Å². The highest BCUT2D eigenvalue weighted by atomic mass is 32.1. The molecule has 1 aliphatic rings. The van der Waals surface area contributed by atoms with Crippen molar-refractivity contribution in [1.29, 1.82) is 0 Å². The molecule has 0 saturated carbocycles. The maximum absolute atomic E-state index is 11.7. The summed E-state index contributed by atoms with van der Waals surface area (Å²) < 4.78 is 0. The monoisotopic (exact) mass is 268 g/mol. The van der Waals surface area contributed by atoms with Crippen LogP contribution in [0.2, 0.25) is 0 Å². The Hall–Kier alpha value is -1.89. The van der Waals surface area contributed by atoms with Crippen molar-refractivity contribution in [2.24, 2.45) is 0 Å². The van der Waals surface area contributed by atoms with Gasteiger partial charge in [0.15, 0.2) is 0 Å². The maximum atomic E-state index is 11.7. The van der Waals surface area contributed by atoms with Crippen molar-refractivity contribution in [2.75, 3.05) is 13.6 Å². The first-order chi connectivity index (χ1) is 8.40. The van der Waals surface area contributed by atoms with Crippen LogP contribution in [0.4, 0.5) is 4.79 Å². The van der Waals surface area contributed by atoms with Crippen LogP contribution >= 0.6 is 11.3 Å². The second-order valence-electron chi connectivity index (χ2n) is 4.12. The van der Waals surface area contributed by atoms with E-state index in [9.17, 15) is 14.4 Å². The van der Waals surface area contributed by atoms with E-state index in [1.165, 1.54) is 11.0 Å². The number of carbonyl (C=O) groups excluding carboxylic acids is 2. The zero-order valence-electron chi connectivity index (χ0n) is 9.97. The van der Waals surface area contributed by atoms with Crippen molar-refractivity contribution in [3.8, 4) is 0 Å². The van der Waals surface area contributed by atoms with Gasteiger partial charge in [-0.15, -0.1) is 11.3 Å². The lowest BCUT2D eigenvalue weighted by atomic mass is 10.2. The average Bonchev–Trinajstić information content (AvgIpc) is 2.76. The van der Waals surface area contributed by atoms with E-state index in [-0.39, 0.29) is 29.9 Å². The lowest BCUT2D eigenvalue weighted by Crippen LogP contribution is -2.31. The number of carbonyl (C=O) groups is 3. The topological polar surface area (TPSA) is 77.9 Å². The predicted octanol–water partition coefficient (Wildman–Crippen LogP) is 1.15. The molecule has 7 heteroatoms. The third kappa shape index (κ3) is 2.08. The molecule has 0 aliphatic carbocycles. The summed E-state index contributed by atoms with van der Waals surface area (Å²) >= 11 is 1.15. The van der Waals surface area contributed by atoms with Gasteiger partial charge in [-0.25, -0.2) is 9.59 Å². The molecule has 1 aromatic heterocycles. The zero-order valence-corrected chi connectivity index (χ0v) is 10.8. The fourth-order valence-corrected chi connectivity index (χ4v) is 2.65. The first kappa shape index (κ1) is 12.6. The SMILES string of the molecule is Cc1sc(C(=O)O)cc1CN1C(=O)CN(C)C1=O. The van der Waals surface area contributed by atoms with Gasteiger partial charge in [-0.05, 0) is 18.6 Å². The van der Waals surface area contributed by atoms with Crippen LogP contribution in [-0.4, -0.2) is 46.4 Å². The minimum Gasteiger partial charge on any atom is -0.477 e. The molecule has 0 spiro atoms. The molecule has 1 aliphatic heterocycles. The lowest BCUT2D eigenvalue weighted by Gasteiger charge is -2.13. The molecule has 1 fully saturated rings. The number of aryl methyl sites for hydroxylation is 1. The summed E-state index contributed by atoms with van der Waals surface area (Å²) in [4.78, 5) is 37.6. The number of carboxylic acid groups (broad SMARTS) is 1. The molecule has 1 N–H and O–H groups in total. The molecule has 6 nitrogen and oxygen atoms in total. The Balaban J connectivity index is 2.22. The highest BCUT2D eigenvalue weighted by molar-refractivity contribution is 7.14. The highest BCUT2D eigenvalue weighted by Gasteiger charge is 2.33. The molecule has 0 radical (unpaired) electrons. The van der Waals surface area contributed by atoms with Gasteiger partial charge in [-0.2, -0.15) is 0 Å². The standard InChI is InChI=1S/C11H12N2O4S/c1-6-7(3-8(18-6)10(15)16)4-13-9(14)5-12(2)11(13)17/h3H,4-5H2,1-2H3,(H,15,16). The minimum atomic E-state index is -0.995. The molecule has 2 heterocycles. The number of thiophene rings is 1. The molecule has 0 unspecified atom stereocenters. The fourth-order valence-electron chi connectivity index (χ4n) is 1.78. The van der Waals surface area contributed by atoms with E-state index in [0.717, 1.165) is 21.1 Å². The summed E-state index contributed by atoms with van der Waals surface area (Å²) in [7, 11) is 1.56. The number of carboxylic acids is 1. The van der Waals surface area contributed by atoms with E-state index in [4.69, 9.17) is 5.11 Å². The number of urea groups is 1. The van der Waals surface area contributed by atoms with Crippen molar-refractivity contribution in [1.82, 2.24) is 9.80 Å². The number of aromatic carboxylic acids is 1. The highest BCUT2D eigenvalue weighted by Crippen LogP contribution is 2.24. The number of nitrogens with zero attached hydrogens (tertiary/aromatic N) is 2. The van der Waals surface area contributed by atoms with Crippen molar-refractivity contribution in [2.45, 2.75) is 13.5 Å². The van der Waals surface area contributed by atoms with Gasteiger partial charge in [0.05, 0.1) is 6.54 Å². The summed E-state index contributed by atoms with van der Waals surface area (Å²) in [5, 5.41) is 8.88. The Labute approximate surface area is 107 Å². The number of amides is 3. The summed E-state index contributed by atoms with van der Waals surface area (Å²) in [6, 6.07) is 1.17. The minimum absolute atomic E-state index is 0.0772. The first-order valence-electron chi connectivity index (χ1n) is 5.28. The predicted molar refractivity (Wildman–Crippen MR) is 64.6 cm³/mol. The third-order valence-corrected chi connectivity index (χ3v) is 3.87. The van der Waals surface area contributed by atoms with E-state index >= 15 is 0 Å². The van der Waals surface area contributed by atoms with Crippen LogP contribution < -0.4 is 0 Å². The molecule has 0 bridgehead atoms. The molecule has 96 valence electrons. The second-order valence-corrected chi connectivity index (χ2v) is 5.37. The molecule has 0 aromatic carbocycles. The summed E-state index contributed by atoms with van der Waals surface area (Å²) in [5.41, 5.74) is 0.703. The Morgan fingerprint density at radius 2 is 2.17 bits per heavy atom. The van der Waals surface area contributed by atoms with Crippen LogP contribution in [0.15, 0.2) is 6.07 Å². The van der Waals surface area contributed by atoms with E-state index in [0.29, 0.717) is 5.56 Å². The maximum Gasteiger partial charge on any atom is 0.345 e. The van der Waals surface area contributed by atoms with Crippen molar-refractivity contribution < 1.29 is 19.5 Å². The zero-order chi connectivity index (χ0) is 13.4. The van der Waals surface area contributed by atoms with Crippen LogP contribution in [0.25, 0.3) is 0 Å². The molecule has 18 heavy (non-hydrogen) atoms. The second kappa shape index (κ2) is 4.41. The van der Waals surface area contributed by atoms with Crippen LogP contribution in [-0.2, 0) is 11.3 Å². The van der Waals surface area contributed by atoms with Gasteiger partial charge in [0, 0.05) is 11.9 Å². The molecular formula is C11H12N2O4S. The molecule has 1 aromatic rings. The van der Waals surface area contributed by atoms with Crippen molar-refractivity contribution >= 4 is 29.2 Å². The largest absolute Gasteiger partial charge is 0.477 e. The van der Waals surface area contributed by atoms with Gasteiger partial charge in [0.2, 0.25) is 0 Å². The summed E-state index contributed by atoms with van der Waals surface area (Å²) in [6.45, 7) is 1.99. The lowest BCUT2D eigenvalue weighted by molar-refractivity contribution is -0.125. The molecular weight excluding hydrogens is 256 g/mol. The summed E-state index contributed by atoms with van der Waals surface area (Å²) in [6.07, 6.45) is 0. The smallest absolute Gasteiger partial charge is 0.345 e. The Morgan fingerprint density at radius 3 is 2.61 bits per heavy atom. The third-order valence-electron chi connectivity index (χ3n) is 2.79. The van der Waals surface area contributed by atoms with Crippen LogP contribution in [0.5, 0.6) is 0 Å². The van der Waals surface area contributed by atoms with E-state index in [1.807, 2.05) is 0 Å². The normalized spacial score (nSPS) is 15.7. The Kier molecular flexibility index (Phi) is 3.08. The van der Waals surface area contributed by atoms with Crippen LogP contribution in [0.3, 0.4) is 0 Å². The van der Waals surface area contributed by atoms with E-state index in [1.54, 1.807) is 14.0 Å². The Bertz CT molecular complexity index is 537. The van der Waals surface area contributed by atoms with E-state index in [2.05, 4.69) is 0 Å².